The highest BCUT2D eigenvalue weighted by Crippen LogP contribution is 2.40. The van der Waals surface area contributed by atoms with Crippen molar-refractivity contribution >= 4 is 38.9 Å². The summed E-state index contributed by atoms with van der Waals surface area (Å²) in [6, 6.07) is 67.3. The average Bonchev–Trinajstić information content (AvgIpc) is 3.15. The Morgan fingerprint density at radius 3 is 1.50 bits per heavy atom. The molecule has 2 heteroatoms. The van der Waals surface area contributed by atoms with Gasteiger partial charge in [0.25, 0.3) is 11.7 Å². The fraction of sp³-hybridized carbons (Fsp3) is 0. The second kappa shape index (κ2) is 11.8. The van der Waals surface area contributed by atoms with E-state index in [-0.39, 0.29) is 0 Å². The fourth-order valence-electron chi connectivity index (χ4n) is 6.86. The molecule has 0 saturated heterocycles. The van der Waals surface area contributed by atoms with E-state index in [9.17, 15) is 0 Å². The quantitative estimate of drug-likeness (QED) is 0.166. The first-order valence-electron chi connectivity index (χ1n) is 16.4. The van der Waals surface area contributed by atoms with E-state index in [4.69, 9.17) is 4.99 Å². The molecular formula is C46H31N2+. The molecule has 0 fully saturated rings. The predicted molar refractivity (Wildman–Crippen MR) is 201 cm³/mol. The van der Waals surface area contributed by atoms with E-state index >= 15 is 0 Å². The van der Waals surface area contributed by atoms with Crippen LogP contribution in [0.3, 0.4) is 0 Å². The van der Waals surface area contributed by atoms with Crippen LogP contribution in [0.15, 0.2) is 193 Å². The van der Waals surface area contributed by atoms with E-state index in [1.807, 2.05) is 0 Å². The van der Waals surface area contributed by atoms with Crippen LogP contribution < -0.4 is 0 Å². The molecule has 0 amide bonds. The Labute approximate surface area is 280 Å². The first-order chi connectivity index (χ1) is 23.8. The maximum Gasteiger partial charge on any atom is 0.279 e. The average molecular weight is 612 g/mol. The first kappa shape index (κ1) is 27.9. The fourth-order valence-corrected chi connectivity index (χ4v) is 6.86. The number of nitrogens with zero attached hydrogens (tertiary/aromatic N) is 2. The Kier molecular flexibility index (Phi) is 6.84. The summed E-state index contributed by atoms with van der Waals surface area (Å²) in [5.41, 5.74) is 10.3. The molecule has 0 atom stereocenters. The van der Waals surface area contributed by atoms with E-state index in [2.05, 4.69) is 193 Å². The largest absolute Gasteiger partial charge is 0.279 e. The summed E-state index contributed by atoms with van der Waals surface area (Å²) in [5, 5.41) is 4.93. The second-order valence-corrected chi connectivity index (χ2v) is 12.2. The van der Waals surface area contributed by atoms with Crippen LogP contribution in [0.1, 0.15) is 11.1 Å². The summed E-state index contributed by atoms with van der Waals surface area (Å²) in [5.74, 6) is 1.88. The highest BCUT2D eigenvalue weighted by atomic mass is 15.2. The van der Waals surface area contributed by atoms with Gasteiger partial charge in [-0.1, -0.05) is 151 Å². The van der Waals surface area contributed by atoms with E-state index in [0.29, 0.717) is 0 Å². The summed E-state index contributed by atoms with van der Waals surface area (Å²) in [7, 11) is 0. The minimum atomic E-state index is 0.939. The van der Waals surface area contributed by atoms with Crippen molar-refractivity contribution in [2.45, 2.75) is 0 Å². The Balaban J connectivity index is 1.28. The van der Waals surface area contributed by atoms with Gasteiger partial charge in [-0.25, -0.2) is 0 Å². The van der Waals surface area contributed by atoms with Crippen LogP contribution >= 0.6 is 0 Å². The van der Waals surface area contributed by atoms with Gasteiger partial charge in [0, 0.05) is 5.56 Å². The molecule has 0 spiro atoms. The minimum absolute atomic E-state index is 0.939. The zero-order valence-electron chi connectivity index (χ0n) is 26.3. The summed E-state index contributed by atoms with van der Waals surface area (Å²) < 4.78 is 2.35. The van der Waals surface area contributed by atoms with Crippen LogP contribution in [0.5, 0.6) is 0 Å². The second-order valence-electron chi connectivity index (χ2n) is 12.2. The normalized spacial score (nSPS) is 12.6. The van der Waals surface area contributed by atoms with E-state index < -0.39 is 0 Å². The first-order valence-corrected chi connectivity index (χ1v) is 16.4. The third kappa shape index (κ3) is 4.92. The van der Waals surface area contributed by atoms with Gasteiger partial charge in [0.1, 0.15) is 5.69 Å². The molecule has 0 aromatic heterocycles. The molecule has 0 saturated carbocycles. The van der Waals surface area contributed by atoms with E-state index in [1.54, 1.807) is 0 Å². The van der Waals surface area contributed by atoms with Crippen molar-refractivity contribution in [3.8, 4) is 33.4 Å². The standard InChI is InChI=1S/C46H31N2/c1-3-15-34(16-4-1)41-21-11-12-22-42(41)46-47-45(35-17-5-2-6-18-35)48(46)44-28-27-39(38-25-23-32-13-7-9-19-36(32)29-38)31-43(44)40-26-24-33-14-8-10-20-37(33)30-40/h1-31H/q+1. The Morgan fingerprint density at radius 2 is 0.812 bits per heavy atom. The van der Waals surface area contributed by atoms with Crippen LogP contribution in [0.25, 0.3) is 54.9 Å². The molecule has 224 valence electrons. The van der Waals surface area contributed by atoms with Gasteiger partial charge in [-0.2, -0.15) is 4.58 Å². The molecule has 0 radical (unpaired) electrons. The van der Waals surface area contributed by atoms with Crippen LogP contribution in [-0.4, -0.2) is 16.2 Å². The summed E-state index contributed by atoms with van der Waals surface area (Å²) >= 11 is 0. The monoisotopic (exact) mass is 611 g/mol. The maximum atomic E-state index is 5.26. The zero-order chi connectivity index (χ0) is 31.9. The lowest BCUT2D eigenvalue weighted by molar-refractivity contribution is -0.318. The topological polar surface area (TPSA) is 15.4 Å². The molecule has 1 heterocycles. The third-order valence-electron chi connectivity index (χ3n) is 9.30. The van der Waals surface area contributed by atoms with Crippen LogP contribution in [0.4, 0.5) is 5.69 Å². The van der Waals surface area contributed by atoms with Gasteiger partial charge < -0.3 is 0 Å². The number of amidine groups is 2. The number of rotatable bonds is 6. The van der Waals surface area contributed by atoms with Crippen molar-refractivity contribution in [2.75, 3.05) is 0 Å². The van der Waals surface area contributed by atoms with Gasteiger partial charge in [-0.3, -0.25) is 0 Å². The number of fused-ring (bicyclic) bond motifs is 2. The maximum absolute atomic E-state index is 5.26. The highest BCUT2D eigenvalue weighted by molar-refractivity contribution is 6.18. The lowest BCUT2D eigenvalue weighted by atomic mass is 9.93. The molecule has 1 aliphatic heterocycles. The van der Waals surface area contributed by atoms with Crippen molar-refractivity contribution in [1.82, 2.24) is 0 Å². The van der Waals surface area contributed by atoms with Crippen LogP contribution in [0, 0.1) is 0 Å². The Hall–Kier alpha value is -6.38. The molecular weight excluding hydrogens is 581 g/mol. The molecule has 8 aromatic rings. The number of hydrogen-bond donors (Lipinski definition) is 0. The van der Waals surface area contributed by atoms with Crippen LogP contribution in [-0.2, 0) is 0 Å². The Bertz CT molecular complexity index is 2540. The molecule has 9 rings (SSSR count). The smallest absolute Gasteiger partial charge is 0.191 e. The van der Waals surface area contributed by atoms with Gasteiger partial charge in [0.05, 0.1) is 11.1 Å². The van der Waals surface area contributed by atoms with Crippen molar-refractivity contribution in [3.05, 3.63) is 199 Å². The van der Waals surface area contributed by atoms with Gasteiger partial charge in [-0.05, 0) is 91.8 Å². The van der Waals surface area contributed by atoms with Crippen molar-refractivity contribution in [2.24, 2.45) is 4.99 Å². The summed E-state index contributed by atoms with van der Waals surface area (Å²) in [4.78, 5) is 5.26. The van der Waals surface area contributed by atoms with Crippen molar-refractivity contribution in [3.63, 3.8) is 0 Å². The third-order valence-corrected chi connectivity index (χ3v) is 9.30. The van der Waals surface area contributed by atoms with E-state index in [0.717, 1.165) is 39.6 Å². The van der Waals surface area contributed by atoms with Gasteiger partial charge in [0.2, 0.25) is 0 Å². The molecule has 0 unspecified atom stereocenters. The highest BCUT2D eigenvalue weighted by Gasteiger charge is 2.36. The lowest BCUT2D eigenvalue weighted by Crippen LogP contribution is -2.35. The molecule has 2 nitrogen and oxygen atoms in total. The van der Waals surface area contributed by atoms with E-state index in [1.165, 1.54) is 43.8 Å². The van der Waals surface area contributed by atoms with Gasteiger partial charge in [-0.15, -0.1) is 0 Å². The van der Waals surface area contributed by atoms with Crippen molar-refractivity contribution in [1.29, 1.82) is 0 Å². The van der Waals surface area contributed by atoms with Crippen LogP contribution in [0.2, 0.25) is 0 Å². The van der Waals surface area contributed by atoms with Gasteiger partial charge >= 0.3 is 0 Å². The van der Waals surface area contributed by atoms with Gasteiger partial charge in [0.15, 0.2) is 0 Å². The summed E-state index contributed by atoms with van der Waals surface area (Å²) in [6.07, 6.45) is 0. The molecule has 48 heavy (non-hydrogen) atoms. The number of aliphatic imine (C=N–C) groups is 1. The summed E-state index contributed by atoms with van der Waals surface area (Å²) in [6.45, 7) is 0. The lowest BCUT2D eigenvalue weighted by Gasteiger charge is -2.23. The number of benzene rings is 8. The molecule has 0 aliphatic carbocycles. The molecule has 0 bridgehead atoms. The van der Waals surface area contributed by atoms with Crippen molar-refractivity contribution < 1.29 is 4.58 Å². The molecule has 8 aromatic carbocycles. The zero-order valence-corrected chi connectivity index (χ0v) is 26.3. The SMILES string of the molecule is c1ccc(C2=[N+](c3ccc(-c4ccc5ccccc5c4)cc3-c3ccc4ccccc4c3)C(c3ccccc3-c3ccccc3)=N2)cc1. The predicted octanol–water partition coefficient (Wildman–Crippen LogP) is 11.5. The molecule has 1 aliphatic rings. The minimum Gasteiger partial charge on any atom is -0.191 e. The Morgan fingerprint density at radius 1 is 0.312 bits per heavy atom. The molecule has 0 N–H and O–H groups in total. The number of hydrogen-bond acceptors (Lipinski definition) is 1.